The Labute approximate surface area is 134 Å². The molecule has 0 aliphatic carbocycles. The number of nitrogens with zero attached hydrogens (tertiary/aromatic N) is 3. The maximum atomic E-state index is 4.69. The van der Waals surface area contributed by atoms with Crippen LogP contribution in [0.5, 0.6) is 0 Å². The molecular formula is C20H15N3. The van der Waals surface area contributed by atoms with E-state index in [-0.39, 0.29) is 0 Å². The molecule has 4 aromatic rings. The van der Waals surface area contributed by atoms with Crippen LogP contribution in [0.2, 0.25) is 0 Å². The molecule has 0 fully saturated rings. The van der Waals surface area contributed by atoms with Crippen molar-refractivity contribution in [1.29, 1.82) is 0 Å². The lowest BCUT2D eigenvalue weighted by Gasteiger charge is -2.10. The summed E-state index contributed by atoms with van der Waals surface area (Å²) in [4.78, 5) is 13.7. The Morgan fingerprint density at radius 1 is 0.739 bits per heavy atom. The first kappa shape index (κ1) is 13.6. The van der Waals surface area contributed by atoms with Gasteiger partial charge in [0.1, 0.15) is 0 Å². The van der Waals surface area contributed by atoms with Crippen molar-refractivity contribution in [2.24, 2.45) is 0 Å². The average Bonchev–Trinajstić information content (AvgIpc) is 2.62. The van der Waals surface area contributed by atoms with Crippen LogP contribution in [0.25, 0.3) is 33.4 Å². The van der Waals surface area contributed by atoms with Crippen LogP contribution in [-0.2, 0) is 0 Å². The summed E-state index contributed by atoms with van der Waals surface area (Å²) in [6.45, 7) is 2.01. The van der Waals surface area contributed by atoms with Crippen molar-refractivity contribution in [2.45, 2.75) is 6.92 Å². The molecule has 0 saturated carbocycles. The molecular weight excluding hydrogens is 282 g/mol. The highest BCUT2D eigenvalue weighted by atomic mass is 14.7. The molecule has 0 aliphatic heterocycles. The molecule has 0 spiro atoms. The molecule has 4 rings (SSSR count). The highest BCUT2D eigenvalue weighted by Crippen LogP contribution is 2.31. The number of benzene rings is 1. The van der Waals surface area contributed by atoms with Crippen molar-refractivity contribution in [3.05, 3.63) is 78.8 Å². The van der Waals surface area contributed by atoms with E-state index in [2.05, 4.69) is 28.2 Å². The summed E-state index contributed by atoms with van der Waals surface area (Å²) in [6, 6.07) is 20.3. The van der Waals surface area contributed by atoms with E-state index in [9.17, 15) is 0 Å². The van der Waals surface area contributed by atoms with E-state index in [1.54, 1.807) is 0 Å². The third-order valence-corrected chi connectivity index (χ3v) is 3.85. The lowest BCUT2D eigenvalue weighted by atomic mass is 9.99. The number of aromatic nitrogens is 3. The van der Waals surface area contributed by atoms with Gasteiger partial charge in [0.25, 0.3) is 0 Å². The van der Waals surface area contributed by atoms with Gasteiger partial charge in [0.2, 0.25) is 0 Å². The average molecular weight is 297 g/mol. The Kier molecular flexibility index (Phi) is 3.31. The first-order valence-electron chi connectivity index (χ1n) is 7.55. The van der Waals surface area contributed by atoms with Gasteiger partial charge >= 0.3 is 0 Å². The number of aryl methyl sites for hydroxylation is 1. The first-order chi connectivity index (χ1) is 11.3. The van der Waals surface area contributed by atoms with E-state index in [0.717, 1.165) is 39.1 Å². The molecule has 0 bridgehead atoms. The van der Waals surface area contributed by atoms with Gasteiger partial charge in [-0.15, -0.1) is 0 Å². The number of pyridine rings is 3. The van der Waals surface area contributed by atoms with Crippen LogP contribution in [0.15, 0.2) is 73.1 Å². The standard InChI is InChI=1S/C20H15N3/c1-14-8-9-16-17(19-7-3-5-11-22-19)12-15(13-20(16)23-14)18-6-2-4-10-21-18/h2-13H,1H3. The summed E-state index contributed by atoms with van der Waals surface area (Å²) < 4.78 is 0. The molecule has 0 unspecified atom stereocenters. The molecule has 0 N–H and O–H groups in total. The second-order valence-electron chi connectivity index (χ2n) is 5.47. The van der Waals surface area contributed by atoms with Crippen molar-refractivity contribution in [3.63, 3.8) is 0 Å². The minimum Gasteiger partial charge on any atom is -0.256 e. The molecule has 0 radical (unpaired) electrons. The van der Waals surface area contributed by atoms with E-state index in [4.69, 9.17) is 4.98 Å². The maximum Gasteiger partial charge on any atom is 0.0718 e. The van der Waals surface area contributed by atoms with Crippen LogP contribution < -0.4 is 0 Å². The summed E-state index contributed by atoms with van der Waals surface area (Å²) in [5, 5.41) is 1.11. The van der Waals surface area contributed by atoms with Crippen LogP contribution in [-0.4, -0.2) is 15.0 Å². The predicted octanol–water partition coefficient (Wildman–Crippen LogP) is 4.67. The predicted molar refractivity (Wildman–Crippen MR) is 92.9 cm³/mol. The second-order valence-corrected chi connectivity index (χ2v) is 5.47. The van der Waals surface area contributed by atoms with Gasteiger partial charge in [0.05, 0.1) is 16.9 Å². The Bertz CT molecular complexity index is 964. The van der Waals surface area contributed by atoms with Crippen molar-refractivity contribution in [2.75, 3.05) is 0 Å². The summed E-state index contributed by atoms with van der Waals surface area (Å²) in [6.07, 6.45) is 3.62. The van der Waals surface area contributed by atoms with E-state index >= 15 is 0 Å². The molecule has 3 nitrogen and oxygen atoms in total. The summed E-state index contributed by atoms with van der Waals surface area (Å²) in [7, 11) is 0. The molecule has 3 heterocycles. The van der Waals surface area contributed by atoms with Gasteiger partial charge in [-0.2, -0.15) is 0 Å². The zero-order valence-electron chi connectivity index (χ0n) is 12.8. The van der Waals surface area contributed by atoms with Gasteiger partial charge in [0, 0.05) is 34.6 Å². The molecule has 3 heteroatoms. The minimum atomic E-state index is 0.940. The van der Waals surface area contributed by atoms with Crippen LogP contribution >= 0.6 is 0 Å². The molecule has 0 saturated heterocycles. The third kappa shape index (κ3) is 2.57. The fourth-order valence-electron chi connectivity index (χ4n) is 2.75. The molecule has 0 aliphatic rings. The van der Waals surface area contributed by atoms with Crippen molar-refractivity contribution in [3.8, 4) is 22.5 Å². The maximum absolute atomic E-state index is 4.69. The fourth-order valence-corrected chi connectivity index (χ4v) is 2.75. The van der Waals surface area contributed by atoms with E-state index in [1.165, 1.54) is 0 Å². The Morgan fingerprint density at radius 2 is 1.48 bits per heavy atom. The van der Waals surface area contributed by atoms with Crippen LogP contribution in [0.4, 0.5) is 0 Å². The molecule has 110 valence electrons. The quantitative estimate of drug-likeness (QED) is 0.540. The number of fused-ring (bicyclic) bond motifs is 1. The SMILES string of the molecule is Cc1ccc2c(-c3ccccn3)cc(-c3ccccn3)cc2n1. The van der Waals surface area contributed by atoms with Crippen molar-refractivity contribution >= 4 is 10.9 Å². The lowest BCUT2D eigenvalue weighted by molar-refractivity contribution is 1.25. The Morgan fingerprint density at radius 3 is 2.17 bits per heavy atom. The highest BCUT2D eigenvalue weighted by molar-refractivity contribution is 5.97. The molecule has 1 aromatic carbocycles. The lowest BCUT2D eigenvalue weighted by Crippen LogP contribution is -1.91. The summed E-state index contributed by atoms with van der Waals surface area (Å²) in [5.41, 5.74) is 5.99. The van der Waals surface area contributed by atoms with Gasteiger partial charge in [0.15, 0.2) is 0 Å². The molecule has 0 atom stereocenters. The van der Waals surface area contributed by atoms with Gasteiger partial charge in [-0.05, 0) is 49.4 Å². The third-order valence-electron chi connectivity index (χ3n) is 3.85. The summed E-state index contributed by atoms with van der Waals surface area (Å²) in [5.74, 6) is 0. The van der Waals surface area contributed by atoms with Gasteiger partial charge in [-0.25, -0.2) is 0 Å². The van der Waals surface area contributed by atoms with Gasteiger partial charge in [-0.3, -0.25) is 15.0 Å². The van der Waals surface area contributed by atoms with Crippen molar-refractivity contribution in [1.82, 2.24) is 15.0 Å². The Hall–Kier alpha value is -3.07. The zero-order chi connectivity index (χ0) is 15.6. The van der Waals surface area contributed by atoms with E-state index in [0.29, 0.717) is 0 Å². The van der Waals surface area contributed by atoms with Gasteiger partial charge in [-0.1, -0.05) is 18.2 Å². The summed E-state index contributed by atoms with van der Waals surface area (Å²) >= 11 is 0. The van der Waals surface area contributed by atoms with E-state index in [1.807, 2.05) is 61.8 Å². The van der Waals surface area contributed by atoms with Crippen LogP contribution in [0, 0.1) is 6.92 Å². The van der Waals surface area contributed by atoms with Crippen LogP contribution in [0.1, 0.15) is 5.69 Å². The topological polar surface area (TPSA) is 38.7 Å². The molecule has 0 amide bonds. The number of hydrogen-bond acceptors (Lipinski definition) is 3. The van der Waals surface area contributed by atoms with Gasteiger partial charge < -0.3 is 0 Å². The molecule has 3 aromatic heterocycles. The number of rotatable bonds is 2. The second kappa shape index (κ2) is 5.61. The van der Waals surface area contributed by atoms with Crippen molar-refractivity contribution < 1.29 is 0 Å². The first-order valence-corrected chi connectivity index (χ1v) is 7.55. The molecule has 23 heavy (non-hydrogen) atoms. The minimum absolute atomic E-state index is 0.940. The fraction of sp³-hybridized carbons (Fsp3) is 0.0500. The normalized spacial score (nSPS) is 10.8. The highest BCUT2D eigenvalue weighted by Gasteiger charge is 2.10. The van der Waals surface area contributed by atoms with E-state index < -0.39 is 0 Å². The zero-order valence-corrected chi connectivity index (χ0v) is 12.8. The smallest absolute Gasteiger partial charge is 0.0718 e. The number of hydrogen-bond donors (Lipinski definition) is 0. The largest absolute Gasteiger partial charge is 0.256 e. The monoisotopic (exact) mass is 297 g/mol. The Balaban J connectivity index is 2.03. The van der Waals surface area contributed by atoms with Crippen LogP contribution in [0.3, 0.4) is 0 Å².